The van der Waals surface area contributed by atoms with Gasteiger partial charge < -0.3 is 28.4 Å². The normalized spacial score (nSPS) is 11.5. The van der Waals surface area contributed by atoms with Gasteiger partial charge in [-0.3, -0.25) is 14.4 Å². The van der Waals surface area contributed by atoms with Crippen molar-refractivity contribution in [3.63, 3.8) is 0 Å². The molecule has 0 spiro atoms. The van der Waals surface area contributed by atoms with Gasteiger partial charge >= 0.3 is 0 Å². The van der Waals surface area contributed by atoms with E-state index in [1.165, 1.54) is 0 Å². The molecule has 0 aromatic heterocycles. The summed E-state index contributed by atoms with van der Waals surface area (Å²) in [4.78, 5) is 34.9. The molecule has 36 heavy (non-hydrogen) atoms. The Morgan fingerprint density at radius 2 is 0.889 bits per heavy atom. The van der Waals surface area contributed by atoms with E-state index in [9.17, 15) is 14.4 Å². The predicted molar refractivity (Wildman–Crippen MR) is 137 cm³/mol. The molecule has 9 heteroatoms. The van der Waals surface area contributed by atoms with Crippen LogP contribution in [0.4, 0.5) is 0 Å². The van der Waals surface area contributed by atoms with Gasteiger partial charge in [0.2, 0.25) is 0 Å². The summed E-state index contributed by atoms with van der Waals surface area (Å²) in [6, 6.07) is 0. The highest BCUT2D eigenvalue weighted by Crippen LogP contribution is 2.03. The van der Waals surface area contributed by atoms with Crippen LogP contribution < -0.4 is 0 Å². The average molecular weight is 519 g/mol. The van der Waals surface area contributed by atoms with Gasteiger partial charge in [0.25, 0.3) is 0 Å². The first-order chi connectivity index (χ1) is 17.3. The first-order valence-corrected chi connectivity index (χ1v) is 13.4. The minimum absolute atomic E-state index is 0.0175. The fourth-order valence-corrected chi connectivity index (χ4v) is 2.85. The van der Waals surface area contributed by atoms with Gasteiger partial charge in [-0.1, -0.05) is 27.7 Å². The Balaban J connectivity index is 3.32. The van der Waals surface area contributed by atoms with Crippen molar-refractivity contribution in [3.05, 3.63) is 0 Å². The van der Waals surface area contributed by atoms with E-state index in [0.717, 1.165) is 19.4 Å². The molecule has 212 valence electrons. The van der Waals surface area contributed by atoms with Gasteiger partial charge in [-0.15, -0.1) is 0 Å². The lowest BCUT2D eigenvalue weighted by Gasteiger charge is -2.08. The molecule has 0 unspecified atom stereocenters. The lowest BCUT2D eigenvalue weighted by molar-refractivity contribution is -0.127. The summed E-state index contributed by atoms with van der Waals surface area (Å²) in [5.74, 6) is 0.817. The smallest absolute Gasteiger partial charge is 0.160 e. The minimum atomic E-state index is -0.0212. The molecule has 0 bridgehead atoms. The number of Topliss-reactive ketones (excluding diaryl/α,β-unsaturated/α-hetero) is 3. The van der Waals surface area contributed by atoms with Crippen LogP contribution >= 0.6 is 0 Å². The molecule has 0 amide bonds. The van der Waals surface area contributed by atoms with E-state index in [1.807, 2.05) is 13.8 Å². The Bertz CT molecular complexity index is 549. The number of hydrogen-bond acceptors (Lipinski definition) is 9. The maximum Gasteiger partial charge on any atom is 0.160 e. The third kappa shape index (κ3) is 25.9. The molecule has 9 nitrogen and oxygen atoms in total. The molecule has 0 N–H and O–H groups in total. The third-order valence-corrected chi connectivity index (χ3v) is 5.09. The highest BCUT2D eigenvalue weighted by atomic mass is 16.5. The maximum atomic E-state index is 11.8. The van der Waals surface area contributed by atoms with Gasteiger partial charge in [0.1, 0.15) is 19.8 Å². The van der Waals surface area contributed by atoms with E-state index in [2.05, 4.69) is 13.8 Å². The maximum absolute atomic E-state index is 11.8. The van der Waals surface area contributed by atoms with Crippen LogP contribution in [0.1, 0.15) is 66.2 Å². The lowest BCUT2D eigenvalue weighted by Crippen LogP contribution is -2.17. The second kappa shape index (κ2) is 25.4. The van der Waals surface area contributed by atoms with E-state index in [4.69, 9.17) is 28.4 Å². The molecule has 0 saturated heterocycles. The molecule has 0 atom stereocenters. The number of hydrogen-bond donors (Lipinski definition) is 0. The van der Waals surface area contributed by atoms with Crippen molar-refractivity contribution < 1.29 is 42.8 Å². The quantitative estimate of drug-likeness (QED) is 0.144. The van der Waals surface area contributed by atoms with E-state index >= 15 is 0 Å². The van der Waals surface area contributed by atoms with Crippen LogP contribution in [-0.2, 0) is 42.8 Å². The predicted octanol–water partition coefficient (Wildman–Crippen LogP) is 3.45. The van der Waals surface area contributed by atoms with Gasteiger partial charge in [-0.05, 0) is 31.6 Å². The summed E-state index contributed by atoms with van der Waals surface area (Å²) in [5, 5.41) is 0. The molecule has 0 aliphatic rings. The van der Waals surface area contributed by atoms with Gasteiger partial charge in [-0.2, -0.15) is 0 Å². The second-order valence-electron chi connectivity index (χ2n) is 9.44. The summed E-state index contributed by atoms with van der Waals surface area (Å²) in [6.45, 7) is 12.5. The van der Waals surface area contributed by atoms with Crippen molar-refractivity contribution >= 4 is 17.3 Å². The number of carbonyl (C=O) groups is 3. The third-order valence-electron chi connectivity index (χ3n) is 5.09. The zero-order valence-electron chi connectivity index (χ0n) is 23.1. The lowest BCUT2D eigenvalue weighted by atomic mass is 10.1. The Hall–Kier alpha value is -1.23. The van der Waals surface area contributed by atoms with Crippen molar-refractivity contribution in [2.45, 2.75) is 66.2 Å². The second-order valence-corrected chi connectivity index (χ2v) is 9.44. The molecule has 0 fully saturated rings. The van der Waals surface area contributed by atoms with Crippen LogP contribution in [-0.4, -0.2) is 96.6 Å². The van der Waals surface area contributed by atoms with Crippen molar-refractivity contribution in [3.8, 4) is 0 Å². The van der Waals surface area contributed by atoms with E-state index < -0.39 is 0 Å². The van der Waals surface area contributed by atoms with E-state index in [-0.39, 0.29) is 43.1 Å². The number of ketones is 3. The topological polar surface area (TPSA) is 107 Å². The molecule has 0 saturated carbocycles. The number of rotatable bonds is 28. The van der Waals surface area contributed by atoms with Crippen LogP contribution in [0.15, 0.2) is 0 Å². The van der Waals surface area contributed by atoms with E-state index in [1.54, 1.807) is 0 Å². The van der Waals surface area contributed by atoms with Crippen LogP contribution in [0.25, 0.3) is 0 Å². The van der Waals surface area contributed by atoms with Crippen molar-refractivity contribution in [1.82, 2.24) is 0 Å². The first kappa shape index (κ1) is 34.8. The summed E-state index contributed by atoms with van der Waals surface area (Å²) in [6.07, 6.45) is 4.26. The molecule has 0 aromatic carbocycles. The van der Waals surface area contributed by atoms with Crippen LogP contribution in [0, 0.1) is 11.8 Å². The molecular weight excluding hydrogens is 468 g/mol. The standard InChI is InChI=1S/C27H50O9/c1-23(2)8-5-11-31-14-17-34-20-25(28)9-6-12-32-15-18-35-21-26(29)10-7-13-33-16-19-36-22-27(30)24(3)4/h23-24H,5-22H2,1-4H3. The average Bonchev–Trinajstić information content (AvgIpc) is 2.83. The van der Waals surface area contributed by atoms with Crippen molar-refractivity contribution in [2.24, 2.45) is 11.8 Å². The molecule has 0 aromatic rings. The summed E-state index contributed by atoms with van der Waals surface area (Å²) in [7, 11) is 0. The Kier molecular flexibility index (Phi) is 24.6. The van der Waals surface area contributed by atoms with E-state index in [0.29, 0.717) is 84.5 Å². The Labute approximate surface area is 217 Å². The number of ether oxygens (including phenoxy) is 6. The fourth-order valence-electron chi connectivity index (χ4n) is 2.85. The number of carbonyl (C=O) groups excluding carboxylic acids is 3. The van der Waals surface area contributed by atoms with Crippen LogP contribution in [0.5, 0.6) is 0 Å². The summed E-state index contributed by atoms with van der Waals surface area (Å²) >= 11 is 0. The largest absolute Gasteiger partial charge is 0.379 e. The molecular formula is C27H50O9. The van der Waals surface area contributed by atoms with Gasteiger partial charge in [-0.25, -0.2) is 0 Å². The Morgan fingerprint density at radius 3 is 1.31 bits per heavy atom. The molecule has 0 aliphatic carbocycles. The van der Waals surface area contributed by atoms with Crippen molar-refractivity contribution in [2.75, 3.05) is 79.3 Å². The molecule has 0 heterocycles. The highest BCUT2D eigenvalue weighted by molar-refractivity contribution is 5.81. The monoisotopic (exact) mass is 518 g/mol. The summed E-state index contributed by atoms with van der Waals surface area (Å²) in [5.41, 5.74) is 0. The fraction of sp³-hybridized carbons (Fsp3) is 0.889. The zero-order chi connectivity index (χ0) is 26.9. The molecule has 0 radical (unpaired) electrons. The highest BCUT2D eigenvalue weighted by Gasteiger charge is 2.07. The van der Waals surface area contributed by atoms with Crippen LogP contribution in [0.3, 0.4) is 0 Å². The first-order valence-electron chi connectivity index (χ1n) is 13.4. The van der Waals surface area contributed by atoms with Gasteiger partial charge in [0.05, 0.1) is 39.6 Å². The molecule has 0 rings (SSSR count). The minimum Gasteiger partial charge on any atom is -0.379 e. The summed E-state index contributed by atoms with van der Waals surface area (Å²) < 4.78 is 32.2. The van der Waals surface area contributed by atoms with Gasteiger partial charge in [0.15, 0.2) is 17.3 Å². The zero-order valence-corrected chi connectivity index (χ0v) is 23.1. The SMILES string of the molecule is CC(C)CCCOCCOCC(=O)CCCOCCOCC(=O)CCCOCCOCC(=O)C(C)C. The van der Waals surface area contributed by atoms with Gasteiger partial charge in [0, 0.05) is 38.6 Å². The van der Waals surface area contributed by atoms with Crippen LogP contribution in [0.2, 0.25) is 0 Å². The Morgan fingerprint density at radius 1 is 0.500 bits per heavy atom. The van der Waals surface area contributed by atoms with Crippen molar-refractivity contribution in [1.29, 1.82) is 0 Å². The molecule has 0 aliphatic heterocycles.